The van der Waals surface area contributed by atoms with Crippen LogP contribution in [0.2, 0.25) is 0 Å². The third kappa shape index (κ3) is 8.52. The van der Waals surface area contributed by atoms with Crippen LogP contribution >= 0.6 is 0 Å². The molecule has 1 atom stereocenters. The Hall–Kier alpha value is -0.0800. The summed E-state index contributed by atoms with van der Waals surface area (Å²) in [6.07, 6.45) is 9.26. The number of nitrogens with one attached hydrogen (secondary N) is 1. The van der Waals surface area contributed by atoms with Crippen LogP contribution in [0.15, 0.2) is 0 Å². The van der Waals surface area contributed by atoms with E-state index in [0.29, 0.717) is 6.04 Å². The lowest BCUT2D eigenvalue weighted by molar-refractivity contribution is 0.460. The number of rotatable bonds is 10. The van der Waals surface area contributed by atoms with Crippen LogP contribution in [0.4, 0.5) is 0 Å². The molecule has 0 radical (unpaired) electrons. The Morgan fingerprint density at radius 1 is 1.00 bits per heavy atom. The molecule has 0 heterocycles. The lowest BCUT2D eigenvalue weighted by Crippen LogP contribution is -2.36. The molecule has 1 unspecified atom stereocenters. The highest BCUT2D eigenvalue weighted by Crippen LogP contribution is 2.06. The number of hydrogen-bond acceptors (Lipinski definition) is 2. The molecule has 0 saturated heterocycles. The highest BCUT2D eigenvalue weighted by atomic mass is 14.9. The molecule has 0 rings (SSSR count). The summed E-state index contributed by atoms with van der Waals surface area (Å²) >= 11 is 0. The van der Waals surface area contributed by atoms with Crippen molar-refractivity contribution in [3.8, 4) is 0 Å². The molecular weight excluding hydrogens is 172 g/mol. The van der Waals surface area contributed by atoms with Crippen molar-refractivity contribution in [2.45, 2.75) is 64.8 Å². The van der Waals surface area contributed by atoms with Crippen molar-refractivity contribution in [3.63, 3.8) is 0 Å². The molecule has 0 spiro atoms. The topological polar surface area (TPSA) is 38.0 Å². The molecular formula is C12H28N2. The molecule has 2 heteroatoms. The Balaban J connectivity index is 3.24. The molecule has 0 fully saturated rings. The molecule has 86 valence electrons. The minimum Gasteiger partial charge on any atom is -0.329 e. The fourth-order valence-electron chi connectivity index (χ4n) is 1.65. The zero-order chi connectivity index (χ0) is 10.6. The Kier molecular flexibility index (Phi) is 10.9. The van der Waals surface area contributed by atoms with Gasteiger partial charge in [-0.15, -0.1) is 0 Å². The summed E-state index contributed by atoms with van der Waals surface area (Å²) in [4.78, 5) is 0. The predicted molar refractivity (Wildman–Crippen MR) is 64.5 cm³/mol. The lowest BCUT2D eigenvalue weighted by atomic mass is 10.1. The zero-order valence-electron chi connectivity index (χ0n) is 10.0. The Bertz CT molecular complexity index is 104. The summed E-state index contributed by atoms with van der Waals surface area (Å²) in [5.74, 6) is 0. The first-order chi connectivity index (χ1) is 6.85. The van der Waals surface area contributed by atoms with E-state index in [-0.39, 0.29) is 0 Å². The van der Waals surface area contributed by atoms with Crippen molar-refractivity contribution >= 4 is 0 Å². The van der Waals surface area contributed by atoms with E-state index in [9.17, 15) is 0 Å². The van der Waals surface area contributed by atoms with Crippen molar-refractivity contribution in [3.05, 3.63) is 0 Å². The summed E-state index contributed by atoms with van der Waals surface area (Å²) in [7, 11) is 0. The quantitative estimate of drug-likeness (QED) is 0.532. The monoisotopic (exact) mass is 200 g/mol. The minimum absolute atomic E-state index is 0.552. The van der Waals surface area contributed by atoms with E-state index in [1.807, 2.05) is 0 Å². The first-order valence-electron chi connectivity index (χ1n) is 6.28. The van der Waals surface area contributed by atoms with E-state index in [2.05, 4.69) is 19.2 Å². The third-order valence-corrected chi connectivity index (χ3v) is 2.62. The van der Waals surface area contributed by atoms with Crippen LogP contribution in [0.1, 0.15) is 58.8 Å². The summed E-state index contributed by atoms with van der Waals surface area (Å²) in [6, 6.07) is 0.552. The van der Waals surface area contributed by atoms with Crippen molar-refractivity contribution in [1.82, 2.24) is 5.32 Å². The van der Waals surface area contributed by atoms with Crippen molar-refractivity contribution in [1.29, 1.82) is 0 Å². The van der Waals surface area contributed by atoms with Crippen LogP contribution in [0.5, 0.6) is 0 Å². The van der Waals surface area contributed by atoms with Crippen molar-refractivity contribution in [2.75, 3.05) is 13.1 Å². The fourth-order valence-corrected chi connectivity index (χ4v) is 1.65. The van der Waals surface area contributed by atoms with Gasteiger partial charge in [0, 0.05) is 12.6 Å². The van der Waals surface area contributed by atoms with Crippen LogP contribution in [0.3, 0.4) is 0 Å². The van der Waals surface area contributed by atoms with Gasteiger partial charge < -0.3 is 11.1 Å². The van der Waals surface area contributed by atoms with E-state index in [4.69, 9.17) is 5.73 Å². The fraction of sp³-hybridized carbons (Fsp3) is 1.00. The second kappa shape index (κ2) is 11.0. The lowest BCUT2D eigenvalue weighted by Gasteiger charge is -2.15. The van der Waals surface area contributed by atoms with Gasteiger partial charge in [-0.25, -0.2) is 0 Å². The van der Waals surface area contributed by atoms with E-state index < -0.39 is 0 Å². The molecule has 0 aromatic carbocycles. The van der Waals surface area contributed by atoms with Gasteiger partial charge in [-0.05, 0) is 19.4 Å². The largest absolute Gasteiger partial charge is 0.329 e. The van der Waals surface area contributed by atoms with Gasteiger partial charge >= 0.3 is 0 Å². The van der Waals surface area contributed by atoms with Gasteiger partial charge in [-0.2, -0.15) is 0 Å². The van der Waals surface area contributed by atoms with Gasteiger partial charge in [0.1, 0.15) is 0 Å². The normalized spacial score (nSPS) is 13.1. The van der Waals surface area contributed by atoms with Crippen LogP contribution in [-0.2, 0) is 0 Å². The molecule has 0 aliphatic carbocycles. The maximum Gasteiger partial charge on any atom is 0.0190 e. The first-order valence-corrected chi connectivity index (χ1v) is 6.28. The Morgan fingerprint density at radius 3 is 2.29 bits per heavy atom. The molecule has 0 bridgehead atoms. The summed E-state index contributed by atoms with van der Waals surface area (Å²) in [6.45, 7) is 6.35. The zero-order valence-corrected chi connectivity index (χ0v) is 10.0. The van der Waals surface area contributed by atoms with E-state index in [1.54, 1.807) is 0 Å². The Labute approximate surface area is 89.6 Å². The highest BCUT2D eigenvalue weighted by Gasteiger charge is 2.03. The third-order valence-electron chi connectivity index (χ3n) is 2.62. The maximum atomic E-state index is 5.69. The number of nitrogens with two attached hydrogens (primary N) is 1. The summed E-state index contributed by atoms with van der Waals surface area (Å²) < 4.78 is 0. The summed E-state index contributed by atoms with van der Waals surface area (Å²) in [5.41, 5.74) is 5.69. The van der Waals surface area contributed by atoms with E-state index in [0.717, 1.165) is 13.1 Å². The summed E-state index contributed by atoms with van der Waals surface area (Å²) in [5, 5.41) is 3.48. The number of hydrogen-bond donors (Lipinski definition) is 2. The SMILES string of the molecule is CCCCCCCC(CN)NCCC. The molecule has 3 N–H and O–H groups in total. The first kappa shape index (κ1) is 13.9. The molecule has 14 heavy (non-hydrogen) atoms. The van der Waals surface area contributed by atoms with Crippen LogP contribution in [0.25, 0.3) is 0 Å². The molecule has 0 aliphatic heterocycles. The van der Waals surface area contributed by atoms with Crippen LogP contribution in [0, 0.1) is 0 Å². The van der Waals surface area contributed by atoms with Gasteiger partial charge in [0.15, 0.2) is 0 Å². The molecule has 0 aliphatic rings. The molecule has 2 nitrogen and oxygen atoms in total. The van der Waals surface area contributed by atoms with E-state index >= 15 is 0 Å². The second-order valence-electron chi connectivity index (χ2n) is 4.09. The minimum atomic E-state index is 0.552. The van der Waals surface area contributed by atoms with Gasteiger partial charge in [0.2, 0.25) is 0 Å². The average Bonchev–Trinajstić information content (AvgIpc) is 2.22. The Morgan fingerprint density at radius 2 is 1.71 bits per heavy atom. The molecule has 0 aromatic heterocycles. The van der Waals surface area contributed by atoms with Gasteiger partial charge in [-0.1, -0.05) is 46.0 Å². The van der Waals surface area contributed by atoms with Crippen molar-refractivity contribution in [2.24, 2.45) is 5.73 Å². The smallest absolute Gasteiger partial charge is 0.0190 e. The van der Waals surface area contributed by atoms with Gasteiger partial charge in [0.05, 0.1) is 0 Å². The van der Waals surface area contributed by atoms with Crippen LogP contribution < -0.4 is 11.1 Å². The van der Waals surface area contributed by atoms with Gasteiger partial charge in [-0.3, -0.25) is 0 Å². The number of unbranched alkanes of at least 4 members (excludes halogenated alkanes) is 4. The van der Waals surface area contributed by atoms with Gasteiger partial charge in [0.25, 0.3) is 0 Å². The maximum absolute atomic E-state index is 5.69. The van der Waals surface area contributed by atoms with E-state index in [1.165, 1.54) is 44.9 Å². The molecule has 0 aromatic rings. The standard InChI is InChI=1S/C12H28N2/c1-3-5-6-7-8-9-12(11-13)14-10-4-2/h12,14H,3-11,13H2,1-2H3. The predicted octanol–water partition coefficient (Wildman–Crippen LogP) is 2.67. The average molecular weight is 200 g/mol. The van der Waals surface area contributed by atoms with Crippen molar-refractivity contribution < 1.29 is 0 Å². The second-order valence-corrected chi connectivity index (χ2v) is 4.09. The highest BCUT2D eigenvalue weighted by molar-refractivity contribution is 4.66. The molecule has 0 amide bonds. The van der Waals surface area contributed by atoms with Crippen LogP contribution in [-0.4, -0.2) is 19.1 Å². The molecule has 0 saturated carbocycles.